The summed E-state index contributed by atoms with van der Waals surface area (Å²) in [6.07, 6.45) is 0.891. The van der Waals surface area contributed by atoms with Crippen LogP contribution in [0.3, 0.4) is 0 Å². The van der Waals surface area contributed by atoms with Crippen LogP contribution in [0.1, 0.15) is 12.8 Å². The Morgan fingerprint density at radius 3 is 2.42 bits per heavy atom. The zero-order chi connectivity index (χ0) is 17.3. The highest BCUT2D eigenvalue weighted by molar-refractivity contribution is 7.89. The molecule has 1 aliphatic rings. The van der Waals surface area contributed by atoms with Crippen molar-refractivity contribution in [3.05, 3.63) is 48.5 Å². The molecule has 1 unspecified atom stereocenters. The largest absolute Gasteiger partial charge is 0.480 e. The second-order valence-electron chi connectivity index (χ2n) is 5.72. The number of sulfonamides is 1. The predicted molar refractivity (Wildman–Crippen MR) is 90.8 cm³/mol. The molecule has 0 amide bonds. The van der Waals surface area contributed by atoms with Crippen LogP contribution in [0.2, 0.25) is 0 Å². The Hall–Kier alpha value is -2.38. The molecule has 0 radical (unpaired) electrons. The Kier molecular flexibility index (Phi) is 4.29. The molecule has 24 heavy (non-hydrogen) atoms. The lowest BCUT2D eigenvalue weighted by Crippen LogP contribution is -2.40. The molecule has 0 spiro atoms. The van der Waals surface area contributed by atoms with E-state index in [0.717, 1.165) is 15.4 Å². The smallest absolute Gasteiger partial charge is 0.322 e. The van der Waals surface area contributed by atoms with Crippen molar-refractivity contribution in [3.63, 3.8) is 0 Å². The van der Waals surface area contributed by atoms with Gasteiger partial charge in [-0.05, 0) is 36.6 Å². The average molecular weight is 346 g/mol. The number of benzene rings is 2. The molecule has 1 heterocycles. The van der Waals surface area contributed by atoms with E-state index in [9.17, 15) is 18.3 Å². The maximum Gasteiger partial charge on any atom is 0.322 e. The van der Waals surface area contributed by atoms with Gasteiger partial charge in [-0.15, -0.1) is 0 Å². The first kappa shape index (κ1) is 16.5. The summed E-state index contributed by atoms with van der Waals surface area (Å²) < 4.78 is 26.5. The number of anilines is 1. The molecule has 0 saturated carbocycles. The third-order valence-electron chi connectivity index (χ3n) is 4.22. The van der Waals surface area contributed by atoms with Crippen LogP contribution in [0.5, 0.6) is 0 Å². The second kappa shape index (κ2) is 6.26. The number of carbonyl (C=O) groups is 1. The molecule has 0 bridgehead atoms. The summed E-state index contributed by atoms with van der Waals surface area (Å²) in [6, 6.07) is 12.7. The lowest BCUT2D eigenvalue weighted by atomic mass is 10.0. The van der Waals surface area contributed by atoms with Gasteiger partial charge in [0.2, 0.25) is 10.0 Å². The van der Waals surface area contributed by atoms with E-state index in [1.165, 1.54) is 12.1 Å². The third-order valence-corrected chi connectivity index (χ3v) is 6.14. The number of carboxylic acids is 1. The molecular formula is C17H18N2O4S. The third kappa shape index (κ3) is 2.88. The number of rotatable bonds is 4. The van der Waals surface area contributed by atoms with Crippen LogP contribution in [0.4, 0.5) is 5.69 Å². The molecule has 1 aliphatic heterocycles. The Morgan fingerprint density at radius 2 is 1.79 bits per heavy atom. The lowest BCUT2D eigenvalue weighted by Gasteiger charge is -2.21. The molecule has 1 fully saturated rings. The minimum Gasteiger partial charge on any atom is -0.480 e. The van der Waals surface area contributed by atoms with E-state index in [4.69, 9.17) is 5.73 Å². The zero-order valence-corrected chi connectivity index (χ0v) is 13.7. The Labute approximate surface area is 140 Å². The Morgan fingerprint density at radius 1 is 1.12 bits per heavy atom. The number of nitrogens with zero attached hydrogens (tertiary/aromatic N) is 1. The maximum atomic E-state index is 12.7. The topological polar surface area (TPSA) is 101 Å². The number of nitrogens with two attached hydrogens (primary N) is 1. The van der Waals surface area contributed by atoms with Crippen LogP contribution in [0, 0.1) is 0 Å². The second-order valence-corrected chi connectivity index (χ2v) is 7.61. The first-order valence-corrected chi connectivity index (χ1v) is 9.05. The summed E-state index contributed by atoms with van der Waals surface area (Å²) in [5.74, 6) is -1.11. The van der Waals surface area contributed by atoms with Gasteiger partial charge in [-0.3, -0.25) is 4.79 Å². The first-order valence-electron chi connectivity index (χ1n) is 7.61. The summed E-state index contributed by atoms with van der Waals surface area (Å²) in [5, 5.41) is 9.20. The van der Waals surface area contributed by atoms with Gasteiger partial charge in [0.05, 0.1) is 4.90 Å². The van der Waals surface area contributed by atoms with Crippen LogP contribution in [-0.4, -0.2) is 36.4 Å². The van der Waals surface area contributed by atoms with E-state index in [-0.39, 0.29) is 11.4 Å². The van der Waals surface area contributed by atoms with E-state index in [2.05, 4.69) is 0 Å². The fraction of sp³-hybridized carbons (Fsp3) is 0.235. The van der Waals surface area contributed by atoms with Crippen molar-refractivity contribution >= 4 is 21.7 Å². The van der Waals surface area contributed by atoms with Gasteiger partial charge in [-0.25, -0.2) is 8.42 Å². The molecule has 0 aliphatic carbocycles. The average Bonchev–Trinajstić information content (AvgIpc) is 3.06. The normalized spacial score (nSPS) is 18.6. The molecule has 6 nitrogen and oxygen atoms in total. The van der Waals surface area contributed by atoms with Crippen molar-refractivity contribution in [1.82, 2.24) is 4.31 Å². The van der Waals surface area contributed by atoms with E-state index in [0.29, 0.717) is 18.5 Å². The van der Waals surface area contributed by atoms with Gasteiger partial charge in [0.25, 0.3) is 0 Å². The quantitative estimate of drug-likeness (QED) is 0.826. The fourth-order valence-electron chi connectivity index (χ4n) is 2.98. The highest BCUT2D eigenvalue weighted by Crippen LogP contribution is 2.29. The van der Waals surface area contributed by atoms with Gasteiger partial charge in [0.15, 0.2) is 0 Å². The summed E-state index contributed by atoms with van der Waals surface area (Å²) in [7, 11) is -3.82. The van der Waals surface area contributed by atoms with E-state index in [1.807, 2.05) is 18.2 Å². The molecule has 3 rings (SSSR count). The predicted octanol–water partition coefficient (Wildman–Crippen LogP) is 2.17. The number of nitrogen functional groups attached to an aromatic ring is 1. The Balaban J connectivity index is 1.93. The number of carboxylic acid groups (broad SMARTS) is 1. The molecular weight excluding hydrogens is 328 g/mol. The first-order chi connectivity index (χ1) is 11.4. The van der Waals surface area contributed by atoms with E-state index in [1.54, 1.807) is 18.2 Å². The van der Waals surface area contributed by atoms with Gasteiger partial charge in [-0.1, -0.05) is 30.3 Å². The summed E-state index contributed by atoms with van der Waals surface area (Å²) in [5.41, 5.74) is 8.18. The molecule has 7 heteroatoms. The van der Waals surface area contributed by atoms with E-state index >= 15 is 0 Å². The van der Waals surface area contributed by atoms with Crippen LogP contribution in [0.15, 0.2) is 53.4 Å². The number of para-hydroxylation sites is 1. The van der Waals surface area contributed by atoms with Crippen LogP contribution >= 0.6 is 0 Å². The molecule has 1 atom stereocenters. The van der Waals surface area contributed by atoms with Gasteiger partial charge < -0.3 is 10.8 Å². The molecule has 2 aromatic rings. The monoisotopic (exact) mass is 346 g/mol. The molecule has 3 N–H and O–H groups in total. The highest BCUT2D eigenvalue weighted by atomic mass is 32.2. The van der Waals surface area contributed by atoms with Gasteiger partial charge in [-0.2, -0.15) is 4.31 Å². The fourth-order valence-corrected chi connectivity index (χ4v) is 4.63. The Bertz CT molecular complexity index is 862. The number of aliphatic carboxylic acids is 1. The van der Waals surface area contributed by atoms with Crippen molar-refractivity contribution in [2.75, 3.05) is 12.3 Å². The molecule has 126 valence electrons. The number of hydrogen-bond acceptors (Lipinski definition) is 4. The number of hydrogen-bond donors (Lipinski definition) is 2. The van der Waals surface area contributed by atoms with Gasteiger partial charge in [0.1, 0.15) is 6.04 Å². The lowest BCUT2D eigenvalue weighted by molar-refractivity contribution is -0.140. The zero-order valence-electron chi connectivity index (χ0n) is 12.9. The standard InChI is InChI=1S/C17H18N2O4S/c18-15-5-2-1-4-14(15)12-7-9-13(10-8-12)24(22,23)19-11-3-6-16(19)17(20)21/h1-2,4-5,7-10,16H,3,6,11,18H2,(H,20,21). The van der Waals surface area contributed by atoms with Crippen LogP contribution in [-0.2, 0) is 14.8 Å². The maximum absolute atomic E-state index is 12.7. The van der Waals surface area contributed by atoms with Crippen molar-refractivity contribution in [1.29, 1.82) is 0 Å². The molecule has 0 aromatic heterocycles. The summed E-state index contributed by atoms with van der Waals surface area (Å²) in [4.78, 5) is 11.3. The highest BCUT2D eigenvalue weighted by Gasteiger charge is 2.39. The molecule has 2 aromatic carbocycles. The van der Waals surface area contributed by atoms with Crippen molar-refractivity contribution in [2.24, 2.45) is 0 Å². The van der Waals surface area contributed by atoms with Gasteiger partial charge in [0, 0.05) is 17.8 Å². The van der Waals surface area contributed by atoms with Crippen molar-refractivity contribution in [2.45, 2.75) is 23.8 Å². The minimum absolute atomic E-state index is 0.0916. The summed E-state index contributed by atoms with van der Waals surface area (Å²) in [6.45, 7) is 0.229. The van der Waals surface area contributed by atoms with Crippen molar-refractivity contribution < 1.29 is 18.3 Å². The summed E-state index contributed by atoms with van der Waals surface area (Å²) >= 11 is 0. The minimum atomic E-state index is -3.82. The van der Waals surface area contributed by atoms with Gasteiger partial charge >= 0.3 is 5.97 Å². The van der Waals surface area contributed by atoms with Crippen molar-refractivity contribution in [3.8, 4) is 11.1 Å². The van der Waals surface area contributed by atoms with E-state index < -0.39 is 22.0 Å². The molecule has 1 saturated heterocycles. The SMILES string of the molecule is Nc1ccccc1-c1ccc(S(=O)(=O)N2CCCC2C(=O)O)cc1. The van der Waals surface area contributed by atoms with Crippen LogP contribution in [0.25, 0.3) is 11.1 Å². The van der Waals surface area contributed by atoms with Crippen LogP contribution < -0.4 is 5.73 Å².